The zero-order valence-corrected chi connectivity index (χ0v) is 13.6. The van der Waals surface area contributed by atoms with Crippen molar-refractivity contribution < 1.29 is 4.74 Å². The van der Waals surface area contributed by atoms with Gasteiger partial charge < -0.3 is 15.4 Å². The van der Waals surface area contributed by atoms with Crippen molar-refractivity contribution in [3.63, 3.8) is 0 Å². The van der Waals surface area contributed by atoms with Crippen molar-refractivity contribution in [2.24, 2.45) is 0 Å². The number of rotatable bonds is 5. The Labute approximate surface area is 140 Å². The number of hydrogen-bond acceptors (Lipinski definition) is 6. The van der Waals surface area contributed by atoms with Crippen molar-refractivity contribution in [2.45, 2.75) is 25.5 Å². The molecule has 0 bridgehead atoms. The highest BCUT2D eigenvalue weighted by Gasteiger charge is 2.17. The van der Waals surface area contributed by atoms with E-state index in [1.807, 2.05) is 6.07 Å². The van der Waals surface area contributed by atoms with E-state index in [0.29, 0.717) is 18.4 Å². The number of hydrogen-bond donors (Lipinski definition) is 2. The summed E-state index contributed by atoms with van der Waals surface area (Å²) in [7, 11) is 1.66. The van der Waals surface area contributed by atoms with Crippen LogP contribution in [-0.2, 0) is 17.8 Å². The van der Waals surface area contributed by atoms with Crippen LogP contribution < -0.4 is 10.6 Å². The fourth-order valence-corrected chi connectivity index (χ4v) is 3.09. The van der Waals surface area contributed by atoms with E-state index in [0.717, 1.165) is 30.9 Å². The fraction of sp³-hybridized carbons (Fsp3) is 0.353. The SMILES string of the molecule is COCc1cc(NC[C@H]2CCc3ccccc3N2)n2ncnc2n1. The molecule has 0 spiro atoms. The molecule has 0 fully saturated rings. The van der Waals surface area contributed by atoms with E-state index >= 15 is 0 Å². The molecule has 124 valence electrons. The number of benzene rings is 1. The Kier molecular flexibility index (Phi) is 4.00. The molecule has 0 radical (unpaired) electrons. The van der Waals surface area contributed by atoms with Crippen LogP contribution in [0.2, 0.25) is 0 Å². The third kappa shape index (κ3) is 2.90. The van der Waals surface area contributed by atoms with E-state index in [9.17, 15) is 0 Å². The molecule has 3 aromatic rings. The van der Waals surface area contributed by atoms with Crippen molar-refractivity contribution >= 4 is 17.3 Å². The number of nitrogens with one attached hydrogen (secondary N) is 2. The van der Waals surface area contributed by atoms with Crippen molar-refractivity contribution in [1.82, 2.24) is 19.6 Å². The van der Waals surface area contributed by atoms with Gasteiger partial charge in [-0.25, -0.2) is 4.98 Å². The van der Waals surface area contributed by atoms with Gasteiger partial charge in [-0.1, -0.05) is 18.2 Å². The Morgan fingerprint density at radius 2 is 2.29 bits per heavy atom. The van der Waals surface area contributed by atoms with Crippen LogP contribution in [0, 0.1) is 0 Å². The zero-order chi connectivity index (χ0) is 16.4. The molecule has 3 heterocycles. The Morgan fingerprint density at radius 3 is 3.21 bits per heavy atom. The minimum absolute atomic E-state index is 0.373. The average Bonchev–Trinajstić information content (AvgIpc) is 3.08. The molecule has 4 rings (SSSR count). The molecule has 7 heteroatoms. The predicted octanol–water partition coefficient (Wildman–Crippen LogP) is 2.11. The van der Waals surface area contributed by atoms with Crippen molar-refractivity contribution in [3.8, 4) is 0 Å². The standard InChI is InChI=1S/C17H20N6O/c1-24-10-14-8-16(23-17(22-14)19-11-20-23)18-9-13-7-6-12-4-2-3-5-15(12)21-13/h2-5,8,11,13,18,21H,6-7,9-10H2,1H3/t13-/m1/s1. The van der Waals surface area contributed by atoms with Gasteiger partial charge in [0.05, 0.1) is 12.3 Å². The molecule has 1 atom stereocenters. The van der Waals surface area contributed by atoms with Crippen LogP contribution in [0.5, 0.6) is 0 Å². The normalized spacial score (nSPS) is 16.6. The van der Waals surface area contributed by atoms with Crippen LogP contribution >= 0.6 is 0 Å². The van der Waals surface area contributed by atoms with Crippen LogP contribution in [0.4, 0.5) is 11.5 Å². The summed E-state index contributed by atoms with van der Waals surface area (Å²) in [6.07, 6.45) is 3.71. The second-order valence-corrected chi connectivity index (χ2v) is 5.96. The van der Waals surface area contributed by atoms with Gasteiger partial charge in [0.1, 0.15) is 12.1 Å². The first-order chi connectivity index (χ1) is 11.8. The van der Waals surface area contributed by atoms with Crippen LogP contribution in [0.3, 0.4) is 0 Å². The molecule has 0 saturated carbocycles. The van der Waals surface area contributed by atoms with Gasteiger partial charge in [-0.15, -0.1) is 0 Å². The van der Waals surface area contributed by atoms with E-state index < -0.39 is 0 Å². The molecule has 0 saturated heterocycles. The molecular weight excluding hydrogens is 304 g/mol. The molecule has 1 aromatic carbocycles. The summed E-state index contributed by atoms with van der Waals surface area (Å²) >= 11 is 0. The highest BCUT2D eigenvalue weighted by atomic mass is 16.5. The second-order valence-electron chi connectivity index (χ2n) is 5.96. The highest BCUT2D eigenvalue weighted by molar-refractivity contribution is 5.54. The summed E-state index contributed by atoms with van der Waals surface area (Å²) < 4.78 is 6.90. The zero-order valence-electron chi connectivity index (χ0n) is 13.6. The number of aromatic nitrogens is 4. The monoisotopic (exact) mass is 324 g/mol. The number of anilines is 2. The summed E-state index contributed by atoms with van der Waals surface area (Å²) in [5, 5.41) is 11.3. The molecular formula is C17H20N6O. The first-order valence-electron chi connectivity index (χ1n) is 8.10. The maximum absolute atomic E-state index is 5.18. The van der Waals surface area contributed by atoms with E-state index in [4.69, 9.17) is 4.74 Å². The maximum Gasteiger partial charge on any atom is 0.254 e. The molecule has 24 heavy (non-hydrogen) atoms. The molecule has 1 aliphatic rings. The summed E-state index contributed by atoms with van der Waals surface area (Å²) in [4.78, 5) is 8.60. The van der Waals surface area contributed by atoms with Crippen molar-refractivity contribution in [1.29, 1.82) is 0 Å². The number of aryl methyl sites for hydroxylation is 1. The van der Waals surface area contributed by atoms with E-state index in [1.165, 1.54) is 17.6 Å². The lowest BCUT2D eigenvalue weighted by molar-refractivity contribution is 0.181. The summed E-state index contributed by atoms with van der Waals surface area (Å²) in [5.41, 5.74) is 3.46. The van der Waals surface area contributed by atoms with Gasteiger partial charge in [-0.3, -0.25) is 0 Å². The van der Waals surface area contributed by atoms with Gasteiger partial charge in [-0.2, -0.15) is 14.6 Å². The first kappa shape index (κ1) is 14.9. The van der Waals surface area contributed by atoms with Gasteiger partial charge in [0.25, 0.3) is 5.78 Å². The third-order valence-corrected chi connectivity index (χ3v) is 4.27. The van der Waals surface area contributed by atoms with Gasteiger partial charge in [0.2, 0.25) is 0 Å². The van der Waals surface area contributed by atoms with E-state index in [2.05, 4.69) is 50.0 Å². The predicted molar refractivity (Wildman–Crippen MR) is 92.2 cm³/mol. The van der Waals surface area contributed by atoms with E-state index in [-0.39, 0.29) is 0 Å². The summed E-state index contributed by atoms with van der Waals surface area (Å²) in [6, 6.07) is 10.8. The lowest BCUT2D eigenvalue weighted by Crippen LogP contribution is -2.32. The molecule has 0 unspecified atom stereocenters. The fourth-order valence-electron chi connectivity index (χ4n) is 3.09. The molecule has 0 amide bonds. The van der Waals surface area contributed by atoms with Gasteiger partial charge in [-0.05, 0) is 24.5 Å². The quantitative estimate of drug-likeness (QED) is 0.748. The number of fused-ring (bicyclic) bond motifs is 2. The molecule has 2 aromatic heterocycles. The average molecular weight is 324 g/mol. The Hall–Kier alpha value is -2.67. The molecule has 1 aliphatic heterocycles. The van der Waals surface area contributed by atoms with Crippen LogP contribution in [0.25, 0.3) is 5.78 Å². The Morgan fingerprint density at radius 1 is 1.38 bits per heavy atom. The minimum Gasteiger partial charge on any atom is -0.380 e. The van der Waals surface area contributed by atoms with Crippen LogP contribution in [0.15, 0.2) is 36.7 Å². The smallest absolute Gasteiger partial charge is 0.254 e. The Balaban J connectivity index is 1.50. The lowest BCUT2D eigenvalue weighted by atomic mass is 9.98. The van der Waals surface area contributed by atoms with Crippen LogP contribution in [0.1, 0.15) is 17.7 Å². The Bertz CT molecular complexity index is 846. The van der Waals surface area contributed by atoms with Gasteiger partial charge in [0.15, 0.2) is 0 Å². The minimum atomic E-state index is 0.373. The molecule has 2 N–H and O–H groups in total. The van der Waals surface area contributed by atoms with Crippen molar-refractivity contribution in [2.75, 3.05) is 24.3 Å². The summed E-state index contributed by atoms with van der Waals surface area (Å²) in [6.45, 7) is 1.26. The number of methoxy groups -OCH3 is 1. The molecule has 7 nitrogen and oxygen atoms in total. The maximum atomic E-state index is 5.18. The number of para-hydroxylation sites is 1. The number of nitrogens with zero attached hydrogens (tertiary/aromatic N) is 4. The van der Waals surface area contributed by atoms with Gasteiger partial charge in [0, 0.05) is 31.5 Å². The van der Waals surface area contributed by atoms with Crippen LogP contribution in [-0.4, -0.2) is 39.3 Å². The number of ether oxygens (including phenoxy) is 1. The topological polar surface area (TPSA) is 76.4 Å². The van der Waals surface area contributed by atoms with Gasteiger partial charge >= 0.3 is 0 Å². The largest absolute Gasteiger partial charge is 0.380 e. The highest BCUT2D eigenvalue weighted by Crippen LogP contribution is 2.24. The van der Waals surface area contributed by atoms with Crippen molar-refractivity contribution in [3.05, 3.63) is 47.9 Å². The summed E-state index contributed by atoms with van der Waals surface area (Å²) in [5.74, 6) is 1.46. The first-order valence-corrected chi connectivity index (χ1v) is 8.10. The van der Waals surface area contributed by atoms with E-state index in [1.54, 1.807) is 11.6 Å². The third-order valence-electron chi connectivity index (χ3n) is 4.27. The molecule has 0 aliphatic carbocycles. The lowest BCUT2D eigenvalue weighted by Gasteiger charge is -2.27. The second kappa shape index (κ2) is 6.45.